The lowest BCUT2D eigenvalue weighted by molar-refractivity contribution is -0.110. The van der Waals surface area contributed by atoms with Crippen LogP contribution in [0.3, 0.4) is 0 Å². The molecule has 0 heterocycles. The number of hydrogen-bond acceptors (Lipinski definition) is 3. The maximum Gasteiger partial charge on any atom is 0.234 e. The van der Waals surface area contributed by atoms with Crippen molar-refractivity contribution in [3.63, 3.8) is 0 Å². The first-order valence-corrected chi connectivity index (χ1v) is 6.25. The second kappa shape index (κ2) is 4.78. The average molecular weight is 264 g/mol. The molecule has 2 aromatic carbocycles. The summed E-state index contributed by atoms with van der Waals surface area (Å²) in [5.74, 6) is -0.390. The first-order valence-electron chi connectivity index (χ1n) is 6.25. The van der Waals surface area contributed by atoms with Crippen molar-refractivity contribution in [3.05, 3.63) is 65.2 Å². The lowest BCUT2D eigenvalue weighted by Crippen LogP contribution is -2.20. The number of Topliss-reactive ketones (excluding diaryl/α,β-unsaturated/α-hetero) is 2. The van der Waals surface area contributed by atoms with Crippen molar-refractivity contribution in [1.29, 1.82) is 0 Å². The van der Waals surface area contributed by atoms with E-state index in [1.807, 2.05) is 30.3 Å². The number of benzene rings is 2. The molecule has 0 saturated heterocycles. The predicted molar refractivity (Wildman–Crippen MR) is 76.6 cm³/mol. The highest BCUT2D eigenvalue weighted by atomic mass is 16.5. The number of fused-ring (bicyclic) bond motifs is 1. The smallest absolute Gasteiger partial charge is 0.234 e. The van der Waals surface area contributed by atoms with Gasteiger partial charge in [0.2, 0.25) is 11.6 Å². The number of methoxy groups -OCH3 is 1. The standard InChI is InChI=1S/C17H12O3/c1-20-13-8-7-12-9-14(11-5-3-2-4-6-11)16(18)17(19)15(12)10-13/h2-10H,1H3. The third-order valence-corrected chi connectivity index (χ3v) is 3.34. The van der Waals surface area contributed by atoms with E-state index in [1.54, 1.807) is 24.3 Å². The summed E-state index contributed by atoms with van der Waals surface area (Å²) < 4.78 is 5.09. The van der Waals surface area contributed by atoms with Crippen LogP contribution in [0.15, 0.2) is 48.5 Å². The van der Waals surface area contributed by atoms with Crippen molar-refractivity contribution in [2.24, 2.45) is 0 Å². The van der Waals surface area contributed by atoms with E-state index < -0.39 is 11.6 Å². The van der Waals surface area contributed by atoms with Gasteiger partial charge in [0.05, 0.1) is 7.11 Å². The molecule has 0 radical (unpaired) electrons. The molecule has 0 aromatic heterocycles. The number of rotatable bonds is 2. The monoisotopic (exact) mass is 264 g/mol. The Labute approximate surface area is 116 Å². The number of carbonyl (C=O) groups is 2. The highest BCUT2D eigenvalue weighted by Crippen LogP contribution is 2.30. The van der Waals surface area contributed by atoms with Gasteiger partial charge in [0.15, 0.2) is 0 Å². The van der Waals surface area contributed by atoms with E-state index in [-0.39, 0.29) is 0 Å². The lowest BCUT2D eigenvalue weighted by atomic mass is 9.86. The zero-order chi connectivity index (χ0) is 14.1. The summed E-state index contributed by atoms with van der Waals surface area (Å²) in [6.45, 7) is 0. The molecule has 0 spiro atoms. The summed E-state index contributed by atoms with van der Waals surface area (Å²) in [5.41, 5.74) is 2.34. The molecule has 0 saturated carbocycles. The zero-order valence-corrected chi connectivity index (χ0v) is 10.9. The molecule has 98 valence electrons. The van der Waals surface area contributed by atoms with E-state index in [0.29, 0.717) is 16.9 Å². The van der Waals surface area contributed by atoms with Gasteiger partial charge in [-0.25, -0.2) is 0 Å². The molecule has 3 rings (SSSR count). The van der Waals surface area contributed by atoms with Gasteiger partial charge in [-0.3, -0.25) is 9.59 Å². The van der Waals surface area contributed by atoms with E-state index in [1.165, 1.54) is 7.11 Å². The normalized spacial score (nSPS) is 13.8. The van der Waals surface area contributed by atoms with Crippen LogP contribution in [0.2, 0.25) is 0 Å². The molecule has 3 nitrogen and oxygen atoms in total. The molecular formula is C17H12O3. The number of allylic oxidation sites excluding steroid dienone is 1. The average Bonchev–Trinajstić information content (AvgIpc) is 2.51. The Bertz CT molecular complexity index is 727. The summed E-state index contributed by atoms with van der Waals surface area (Å²) >= 11 is 0. The number of hydrogen-bond donors (Lipinski definition) is 0. The minimum Gasteiger partial charge on any atom is -0.497 e. The van der Waals surface area contributed by atoms with Crippen LogP contribution >= 0.6 is 0 Å². The Hall–Kier alpha value is -2.68. The molecule has 0 bridgehead atoms. The highest BCUT2D eigenvalue weighted by Gasteiger charge is 2.28. The Morgan fingerprint density at radius 1 is 0.900 bits per heavy atom. The SMILES string of the molecule is COc1ccc2c(c1)C(=O)C(=O)C(c1ccccc1)=C2. The molecule has 20 heavy (non-hydrogen) atoms. The number of carbonyl (C=O) groups excluding carboxylic acids is 2. The largest absolute Gasteiger partial charge is 0.497 e. The highest BCUT2D eigenvalue weighted by molar-refractivity contribution is 6.61. The van der Waals surface area contributed by atoms with Gasteiger partial charge in [0, 0.05) is 11.1 Å². The van der Waals surface area contributed by atoms with Gasteiger partial charge in [-0.2, -0.15) is 0 Å². The lowest BCUT2D eigenvalue weighted by Gasteiger charge is -2.15. The third kappa shape index (κ3) is 1.93. The van der Waals surface area contributed by atoms with Crippen LogP contribution in [0.4, 0.5) is 0 Å². The molecule has 0 fully saturated rings. The minimum atomic E-state index is -0.486. The summed E-state index contributed by atoms with van der Waals surface area (Å²) in [7, 11) is 1.53. The number of ether oxygens (including phenoxy) is 1. The first-order chi connectivity index (χ1) is 9.70. The van der Waals surface area contributed by atoms with Crippen LogP contribution in [-0.2, 0) is 4.79 Å². The fraction of sp³-hybridized carbons (Fsp3) is 0.0588. The van der Waals surface area contributed by atoms with Crippen LogP contribution in [0, 0.1) is 0 Å². The zero-order valence-electron chi connectivity index (χ0n) is 10.9. The van der Waals surface area contributed by atoms with Crippen molar-refractivity contribution in [1.82, 2.24) is 0 Å². The Morgan fingerprint density at radius 2 is 1.65 bits per heavy atom. The Morgan fingerprint density at radius 3 is 2.35 bits per heavy atom. The predicted octanol–water partition coefficient (Wildman–Crippen LogP) is 3.00. The first kappa shape index (κ1) is 12.4. The summed E-state index contributed by atoms with van der Waals surface area (Å²) in [6.07, 6.45) is 1.76. The third-order valence-electron chi connectivity index (χ3n) is 3.34. The van der Waals surface area contributed by atoms with E-state index in [0.717, 1.165) is 11.1 Å². The molecule has 0 unspecified atom stereocenters. The van der Waals surface area contributed by atoms with Crippen molar-refractivity contribution in [3.8, 4) is 5.75 Å². The molecule has 3 heteroatoms. The molecule has 2 aromatic rings. The fourth-order valence-corrected chi connectivity index (χ4v) is 2.28. The Balaban J connectivity index is 2.16. The van der Waals surface area contributed by atoms with Gasteiger partial charge < -0.3 is 4.74 Å². The van der Waals surface area contributed by atoms with Crippen LogP contribution in [0.5, 0.6) is 5.75 Å². The summed E-state index contributed by atoms with van der Waals surface area (Å²) in [4.78, 5) is 24.5. The van der Waals surface area contributed by atoms with Crippen molar-refractivity contribution >= 4 is 23.2 Å². The molecule has 0 atom stereocenters. The second-order valence-corrected chi connectivity index (χ2v) is 4.54. The van der Waals surface area contributed by atoms with Crippen LogP contribution in [0.1, 0.15) is 21.5 Å². The summed E-state index contributed by atoms with van der Waals surface area (Å²) in [6, 6.07) is 14.4. The van der Waals surface area contributed by atoms with E-state index in [2.05, 4.69) is 0 Å². The summed E-state index contributed by atoms with van der Waals surface area (Å²) in [5, 5.41) is 0. The molecular weight excluding hydrogens is 252 g/mol. The van der Waals surface area contributed by atoms with Gasteiger partial charge in [0.25, 0.3) is 0 Å². The topological polar surface area (TPSA) is 43.4 Å². The molecule has 0 N–H and O–H groups in total. The quantitative estimate of drug-likeness (QED) is 0.783. The van der Waals surface area contributed by atoms with Crippen molar-refractivity contribution in [2.45, 2.75) is 0 Å². The van der Waals surface area contributed by atoms with Crippen molar-refractivity contribution < 1.29 is 14.3 Å². The van der Waals surface area contributed by atoms with Gasteiger partial charge in [-0.05, 0) is 29.3 Å². The van der Waals surface area contributed by atoms with Gasteiger partial charge in [-0.15, -0.1) is 0 Å². The van der Waals surface area contributed by atoms with Gasteiger partial charge in [-0.1, -0.05) is 36.4 Å². The maximum atomic E-state index is 12.2. The fourth-order valence-electron chi connectivity index (χ4n) is 2.28. The Kier molecular flexibility index (Phi) is 2.95. The van der Waals surface area contributed by atoms with Crippen LogP contribution in [-0.4, -0.2) is 18.7 Å². The van der Waals surface area contributed by atoms with E-state index >= 15 is 0 Å². The number of ketones is 2. The molecule has 0 amide bonds. The molecule has 0 aliphatic heterocycles. The van der Waals surface area contributed by atoms with Crippen LogP contribution < -0.4 is 4.74 Å². The molecule has 1 aliphatic rings. The van der Waals surface area contributed by atoms with Crippen LogP contribution in [0.25, 0.3) is 11.6 Å². The van der Waals surface area contributed by atoms with Gasteiger partial charge >= 0.3 is 0 Å². The van der Waals surface area contributed by atoms with E-state index in [4.69, 9.17) is 4.74 Å². The van der Waals surface area contributed by atoms with Crippen molar-refractivity contribution in [2.75, 3.05) is 7.11 Å². The maximum absolute atomic E-state index is 12.2. The van der Waals surface area contributed by atoms with Gasteiger partial charge in [0.1, 0.15) is 5.75 Å². The minimum absolute atomic E-state index is 0.397. The second-order valence-electron chi connectivity index (χ2n) is 4.54. The van der Waals surface area contributed by atoms with E-state index in [9.17, 15) is 9.59 Å². The molecule has 1 aliphatic carbocycles.